The van der Waals surface area contributed by atoms with Gasteiger partial charge in [-0.3, -0.25) is 9.59 Å². The number of hydrogen-bond donors (Lipinski definition) is 2. The molecule has 0 bridgehead atoms. The molecule has 7 heteroatoms. The Kier molecular flexibility index (Phi) is 5.34. The van der Waals surface area contributed by atoms with Gasteiger partial charge in [-0.1, -0.05) is 11.6 Å². The predicted molar refractivity (Wildman–Crippen MR) is 90.8 cm³/mol. The zero-order valence-corrected chi connectivity index (χ0v) is 14.3. The van der Waals surface area contributed by atoms with Gasteiger partial charge in [0.2, 0.25) is 11.8 Å². The highest BCUT2D eigenvalue weighted by Gasteiger charge is 2.56. The molecule has 140 valence electrons. The SMILES string of the molecule is O=C(NCCC1=CCCCC1)C1(C(=O)Nc2ccc(F)c(F)c2F)CC1. The molecule has 2 amide bonds. The van der Waals surface area contributed by atoms with Gasteiger partial charge in [0.05, 0.1) is 5.69 Å². The number of hydrogen-bond acceptors (Lipinski definition) is 2. The summed E-state index contributed by atoms with van der Waals surface area (Å²) < 4.78 is 39.9. The van der Waals surface area contributed by atoms with E-state index in [1.807, 2.05) is 0 Å². The monoisotopic (exact) mass is 366 g/mol. The number of benzene rings is 1. The van der Waals surface area contributed by atoms with Crippen LogP contribution in [0.25, 0.3) is 0 Å². The van der Waals surface area contributed by atoms with Crippen LogP contribution in [-0.4, -0.2) is 18.4 Å². The standard InChI is InChI=1S/C19H21F3N2O2/c20-13-6-7-14(16(22)15(13)21)24-18(26)19(9-10-19)17(25)23-11-8-12-4-2-1-3-5-12/h4,6-7H,1-3,5,8-11H2,(H,23,25)(H,24,26). The van der Waals surface area contributed by atoms with Crippen LogP contribution >= 0.6 is 0 Å². The smallest absolute Gasteiger partial charge is 0.240 e. The van der Waals surface area contributed by atoms with Gasteiger partial charge in [-0.2, -0.15) is 0 Å². The molecule has 2 aliphatic carbocycles. The molecule has 0 aromatic heterocycles. The lowest BCUT2D eigenvalue weighted by molar-refractivity contribution is -0.134. The van der Waals surface area contributed by atoms with E-state index in [0.29, 0.717) is 19.4 Å². The highest BCUT2D eigenvalue weighted by Crippen LogP contribution is 2.47. The molecule has 1 aromatic rings. The molecule has 1 fully saturated rings. The van der Waals surface area contributed by atoms with Crippen LogP contribution in [0.3, 0.4) is 0 Å². The van der Waals surface area contributed by atoms with Gasteiger partial charge in [-0.05, 0) is 57.1 Å². The minimum Gasteiger partial charge on any atom is -0.355 e. The molecule has 0 heterocycles. The summed E-state index contributed by atoms with van der Waals surface area (Å²) in [4.78, 5) is 24.8. The van der Waals surface area contributed by atoms with Gasteiger partial charge in [0.25, 0.3) is 0 Å². The molecule has 4 nitrogen and oxygen atoms in total. The summed E-state index contributed by atoms with van der Waals surface area (Å²) in [5.74, 6) is -5.57. The van der Waals surface area contributed by atoms with Gasteiger partial charge >= 0.3 is 0 Å². The minimum absolute atomic E-state index is 0.346. The molecule has 26 heavy (non-hydrogen) atoms. The zero-order valence-electron chi connectivity index (χ0n) is 14.3. The van der Waals surface area contributed by atoms with Gasteiger partial charge in [-0.25, -0.2) is 13.2 Å². The van der Waals surface area contributed by atoms with Crippen molar-refractivity contribution in [3.63, 3.8) is 0 Å². The van der Waals surface area contributed by atoms with Crippen molar-refractivity contribution in [1.82, 2.24) is 5.32 Å². The van der Waals surface area contributed by atoms with E-state index < -0.39 is 40.4 Å². The number of allylic oxidation sites excluding steroid dienone is 1. The van der Waals surface area contributed by atoms with Crippen LogP contribution in [0, 0.1) is 22.9 Å². The number of halogens is 3. The Balaban J connectivity index is 1.57. The van der Waals surface area contributed by atoms with Crippen molar-refractivity contribution in [2.75, 3.05) is 11.9 Å². The van der Waals surface area contributed by atoms with Gasteiger partial charge in [0.15, 0.2) is 17.5 Å². The molecule has 1 aromatic carbocycles. The maximum atomic E-state index is 13.7. The Morgan fingerprint density at radius 2 is 1.81 bits per heavy atom. The lowest BCUT2D eigenvalue weighted by Crippen LogP contribution is -2.40. The molecule has 2 N–H and O–H groups in total. The summed E-state index contributed by atoms with van der Waals surface area (Å²) in [5, 5.41) is 4.98. The Hall–Kier alpha value is -2.31. The molecule has 0 atom stereocenters. The van der Waals surface area contributed by atoms with E-state index in [0.717, 1.165) is 37.8 Å². The van der Waals surface area contributed by atoms with Gasteiger partial charge in [-0.15, -0.1) is 0 Å². The second-order valence-corrected chi connectivity index (χ2v) is 6.87. The maximum absolute atomic E-state index is 13.7. The average molecular weight is 366 g/mol. The summed E-state index contributed by atoms with van der Waals surface area (Å²) in [5.41, 5.74) is -0.409. The van der Waals surface area contributed by atoms with Crippen molar-refractivity contribution in [2.24, 2.45) is 5.41 Å². The highest BCUT2D eigenvalue weighted by molar-refractivity contribution is 6.13. The first-order chi connectivity index (χ1) is 12.4. The van der Waals surface area contributed by atoms with Gasteiger partial charge in [0, 0.05) is 6.54 Å². The molecular weight excluding hydrogens is 345 g/mol. The molecule has 1 saturated carbocycles. The van der Waals surface area contributed by atoms with Crippen LogP contribution in [0.4, 0.5) is 18.9 Å². The normalized spacial score (nSPS) is 18.0. The number of rotatable bonds is 6. The van der Waals surface area contributed by atoms with Crippen LogP contribution in [-0.2, 0) is 9.59 Å². The topological polar surface area (TPSA) is 58.2 Å². The molecule has 0 aliphatic heterocycles. The van der Waals surface area contributed by atoms with E-state index in [4.69, 9.17) is 0 Å². The molecule has 0 radical (unpaired) electrons. The Labute approximate surface area is 149 Å². The average Bonchev–Trinajstić information content (AvgIpc) is 3.45. The fourth-order valence-corrected chi connectivity index (χ4v) is 3.18. The lowest BCUT2D eigenvalue weighted by atomic mass is 9.97. The summed E-state index contributed by atoms with van der Waals surface area (Å²) in [6, 6.07) is 1.67. The van der Waals surface area contributed by atoms with Crippen molar-refractivity contribution >= 4 is 17.5 Å². The maximum Gasteiger partial charge on any atom is 0.240 e. The first kappa shape index (κ1) is 18.5. The minimum atomic E-state index is -1.65. The fourth-order valence-electron chi connectivity index (χ4n) is 3.18. The number of nitrogens with one attached hydrogen (secondary N) is 2. The van der Waals surface area contributed by atoms with Crippen molar-refractivity contribution in [3.05, 3.63) is 41.2 Å². The molecule has 3 rings (SSSR count). The van der Waals surface area contributed by atoms with E-state index in [9.17, 15) is 22.8 Å². The summed E-state index contributed by atoms with van der Waals surface area (Å²) in [6.07, 6.45) is 8.09. The second kappa shape index (κ2) is 7.51. The van der Waals surface area contributed by atoms with Crippen molar-refractivity contribution in [2.45, 2.75) is 44.9 Å². The van der Waals surface area contributed by atoms with E-state index in [-0.39, 0.29) is 0 Å². The van der Waals surface area contributed by atoms with E-state index in [2.05, 4.69) is 16.7 Å². The summed E-state index contributed by atoms with van der Waals surface area (Å²) in [7, 11) is 0. The van der Waals surface area contributed by atoms with E-state index >= 15 is 0 Å². The first-order valence-electron chi connectivity index (χ1n) is 8.85. The highest BCUT2D eigenvalue weighted by atomic mass is 19.2. The number of amides is 2. The van der Waals surface area contributed by atoms with Crippen molar-refractivity contribution < 1.29 is 22.8 Å². The molecular formula is C19H21F3N2O2. The lowest BCUT2D eigenvalue weighted by Gasteiger charge is -2.17. The van der Waals surface area contributed by atoms with E-state index in [1.165, 1.54) is 12.0 Å². The van der Waals surface area contributed by atoms with E-state index in [1.54, 1.807) is 0 Å². The van der Waals surface area contributed by atoms with Crippen LogP contribution in [0.1, 0.15) is 44.9 Å². The summed E-state index contributed by atoms with van der Waals surface area (Å²) in [6.45, 7) is 0.444. The van der Waals surface area contributed by atoms with Crippen molar-refractivity contribution in [3.8, 4) is 0 Å². The quantitative estimate of drug-likeness (QED) is 0.457. The second-order valence-electron chi connectivity index (χ2n) is 6.87. The Bertz CT molecular complexity index is 757. The third-order valence-corrected chi connectivity index (χ3v) is 5.02. The number of carbonyl (C=O) groups excluding carboxylic acids is 2. The fraction of sp³-hybridized carbons (Fsp3) is 0.474. The molecule has 0 saturated heterocycles. The van der Waals surface area contributed by atoms with Crippen LogP contribution in [0.5, 0.6) is 0 Å². The summed E-state index contributed by atoms with van der Waals surface area (Å²) >= 11 is 0. The zero-order chi connectivity index (χ0) is 18.7. The van der Waals surface area contributed by atoms with Crippen molar-refractivity contribution in [1.29, 1.82) is 0 Å². The first-order valence-corrected chi connectivity index (χ1v) is 8.85. The molecule has 0 unspecified atom stereocenters. The third-order valence-electron chi connectivity index (χ3n) is 5.02. The number of carbonyl (C=O) groups is 2. The molecule has 2 aliphatic rings. The largest absolute Gasteiger partial charge is 0.355 e. The van der Waals surface area contributed by atoms with Crippen LogP contribution < -0.4 is 10.6 Å². The third kappa shape index (κ3) is 3.76. The van der Waals surface area contributed by atoms with Gasteiger partial charge < -0.3 is 10.6 Å². The van der Waals surface area contributed by atoms with Crippen LogP contribution in [0.15, 0.2) is 23.8 Å². The molecule has 0 spiro atoms. The number of anilines is 1. The predicted octanol–water partition coefficient (Wildman–Crippen LogP) is 3.83. The Morgan fingerprint density at radius 1 is 1.04 bits per heavy atom. The Morgan fingerprint density at radius 3 is 2.46 bits per heavy atom. The van der Waals surface area contributed by atoms with Gasteiger partial charge in [0.1, 0.15) is 5.41 Å². The van der Waals surface area contributed by atoms with Crippen LogP contribution in [0.2, 0.25) is 0 Å².